The second-order valence-corrected chi connectivity index (χ2v) is 9.59. The van der Waals surface area contributed by atoms with Gasteiger partial charge in [0.2, 0.25) is 5.91 Å². The Labute approximate surface area is 206 Å². The molecule has 4 rings (SSSR count). The first kappa shape index (κ1) is 25.7. The molecule has 17 heteroatoms. The number of H-pyrrole nitrogens is 1. The maximum atomic E-state index is 13.5. The number of tetrazole rings is 1. The summed E-state index contributed by atoms with van der Waals surface area (Å²) in [5.74, 6) is -0.358. The molecule has 2 heterocycles. The van der Waals surface area contributed by atoms with Gasteiger partial charge in [-0.3, -0.25) is 14.4 Å². The normalized spacial score (nSPS) is 15.4. The smallest absolute Gasteiger partial charge is 0.416 e. The molecule has 0 saturated heterocycles. The van der Waals surface area contributed by atoms with E-state index in [1.54, 1.807) is 0 Å². The maximum Gasteiger partial charge on any atom is 0.416 e. The van der Waals surface area contributed by atoms with E-state index in [0.717, 1.165) is 22.5 Å². The van der Waals surface area contributed by atoms with Crippen molar-refractivity contribution in [2.75, 3.05) is 16.2 Å². The minimum Gasteiger partial charge on any atom is -0.486 e. The average Bonchev–Trinajstić information content (AvgIpc) is 3.35. The summed E-state index contributed by atoms with van der Waals surface area (Å²) < 4.78 is 73.3. The highest BCUT2D eigenvalue weighted by Gasteiger charge is 2.37. The number of nitrogens with one attached hydrogen (secondary N) is 3. The predicted molar refractivity (Wildman–Crippen MR) is 119 cm³/mol. The number of fused-ring (bicyclic) bond motifs is 1. The van der Waals surface area contributed by atoms with Crippen LogP contribution < -0.4 is 19.7 Å². The number of anilines is 2. The summed E-state index contributed by atoms with van der Waals surface area (Å²) >= 11 is 0. The van der Waals surface area contributed by atoms with Gasteiger partial charge in [0.25, 0.3) is 10.0 Å². The van der Waals surface area contributed by atoms with Crippen molar-refractivity contribution in [3.8, 4) is 5.75 Å². The minimum atomic E-state index is -4.79. The van der Waals surface area contributed by atoms with Crippen LogP contribution in [0.2, 0.25) is 0 Å². The Balaban J connectivity index is 1.66. The molecule has 0 fully saturated rings. The summed E-state index contributed by atoms with van der Waals surface area (Å²) in [5, 5.41) is 26.6. The Morgan fingerprint density at radius 3 is 2.68 bits per heavy atom. The van der Waals surface area contributed by atoms with Crippen LogP contribution >= 0.6 is 0 Å². The van der Waals surface area contributed by atoms with Gasteiger partial charge in [-0.05, 0) is 36.4 Å². The summed E-state index contributed by atoms with van der Waals surface area (Å²) in [4.78, 5) is 22.8. The quantitative estimate of drug-likeness (QED) is 0.348. The molecule has 1 aromatic heterocycles. The molecular weight excluding hydrogens is 523 g/mol. The van der Waals surface area contributed by atoms with E-state index in [1.165, 1.54) is 18.2 Å². The second kappa shape index (κ2) is 9.92. The zero-order chi connectivity index (χ0) is 26.8. The molecular formula is C20H18F3N7O6S. The molecule has 4 N–H and O–H groups in total. The fraction of sp³-hybridized carbons (Fsp3) is 0.250. The average molecular weight is 541 g/mol. The highest BCUT2D eigenvalue weighted by molar-refractivity contribution is 7.92. The zero-order valence-electron chi connectivity index (χ0n) is 18.6. The largest absolute Gasteiger partial charge is 0.486 e. The van der Waals surface area contributed by atoms with Gasteiger partial charge in [-0.2, -0.15) is 18.4 Å². The molecule has 1 aliphatic heterocycles. The highest BCUT2D eigenvalue weighted by atomic mass is 32.2. The van der Waals surface area contributed by atoms with Crippen LogP contribution in [0, 0.1) is 0 Å². The third-order valence-corrected chi connectivity index (χ3v) is 6.91. The first-order chi connectivity index (χ1) is 17.4. The highest BCUT2D eigenvalue weighted by Crippen LogP contribution is 2.40. The van der Waals surface area contributed by atoms with Gasteiger partial charge in [-0.1, -0.05) is 11.3 Å². The second-order valence-electron chi connectivity index (χ2n) is 7.72. The molecule has 3 aromatic rings. The third kappa shape index (κ3) is 5.88. The molecule has 37 heavy (non-hydrogen) atoms. The molecule has 0 spiro atoms. The van der Waals surface area contributed by atoms with Gasteiger partial charge in [0.05, 0.1) is 35.7 Å². The lowest BCUT2D eigenvalue weighted by atomic mass is 10.1. The van der Waals surface area contributed by atoms with E-state index >= 15 is 0 Å². The number of halogens is 3. The van der Waals surface area contributed by atoms with Crippen molar-refractivity contribution in [2.45, 2.75) is 30.1 Å². The number of aromatic nitrogens is 4. The van der Waals surface area contributed by atoms with Crippen molar-refractivity contribution < 1.29 is 41.0 Å². The van der Waals surface area contributed by atoms with E-state index in [1.807, 2.05) is 0 Å². The number of hydrogen-bond donors (Lipinski definition) is 4. The Morgan fingerprint density at radius 1 is 1.22 bits per heavy atom. The van der Waals surface area contributed by atoms with Crippen molar-refractivity contribution in [1.29, 1.82) is 0 Å². The first-order valence-corrected chi connectivity index (χ1v) is 11.9. The molecule has 2 amide bonds. The molecule has 1 unspecified atom stereocenters. The molecule has 0 saturated carbocycles. The Bertz CT molecular complexity index is 1420. The number of carbonyl (C=O) groups excluding carboxylic acids is 1. The van der Waals surface area contributed by atoms with Gasteiger partial charge in [-0.25, -0.2) is 13.2 Å². The van der Waals surface area contributed by atoms with Crippen LogP contribution in [0.25, 0.3) is 0 Å². The van der Waals surface area contributed by atoms with Crippen LogP contribution in [0.1, 0.15) is 17.8 Å². The van der Waals surface area contributed by atoms with Crippen LogP contribution in [0.4, 0.5) is 29.3 Å². The number of hydrogen-bond acceptors (Lipinski definition) is 8. The number of alkyl halides is 3. The number of benzene rings is 2. The number of ether oxygens (including phenoxy) is 1. The number of nitrogens with zero attached hydrogens (tertiary/aromatic N) is 4. The van der Waals surface area contributed by atoms with E-state index in [0.29, 0.717) is 6.07 Å². The van der Waals surface area contributed by atoms with E-state index in [-0.39, 0.29) is 35.9 Å². The third-order valence-electron chi connectivity index (χ3n) is 5.14. The van der Waals surface area contributed by atoms with Crippen molar-refractivity contribution in [3.05, 3.63) is 53.9 Å². The van der Waals surface area contributed by atoms with E-state index in [4.69, 9.17) is 9.84 Å². The number of rotatable bonds is 7. The Morgan fingerprint density at radius 2 is 2.00 bits per heavy atom. The fourth-order valence-corrected chi connectivity index (χ4v) is 5.07. The predicted octanol–water partition coefficient (Wildman–Crippen LogP) is 1.97. The van der Waals surface area contributed by atoms with Gasteiger partial charge in [0.15, 0.2) is 5.82 Å². The molecule has 2 aromatic carbocycles. The first-order valence-electron chi connectivity index (χ1n) is 10.4. The van der Waals surface area contributed by atoms with Gasteiger partial charge < -0.3 is 15.2 Å². The van der Waals surface area contributed by atoms with Gasteiger partial charge in [0.1, 0.15) is 11.9 Å². The summed E-state index contributed by atoms with van der Waals surface area (Å²) in [6, 6.07) is 6.96. The number of carboxylic acid groups (broad SMARTS) is 1. The van der Waals surface area contributed by atoms with E-state index in [9.17, 15) is 31.2 Å². The fourth-order valence-electron chi connectivity index (χ4n) is 3.52. The zero-order valence-corrected chi connectivity index (χ0v) is 19.4. The van der Waals surface area contributed by atoms with Crippen LogP contribution in [0.15, 0.2) is 47.4 Å². The topological polar surface area (TPSA) is 179 Å². The molecule has 0 bridgehead atoms. The van der Waals surface area contributed by atoms with Crippen molar-refractivity contribution in [2.24, 2.45) is 0 Å². The molecule has 13 nitrogen and oxygen atoms in total. The van der Waals surface area contributed by atoms with Crippen LogP contribution in [0.3, 0.4) is 0 Å². The standard InChI is InChI=1S/C20H18F3N7O6S/c21-20(22,23)11-2-1-3-14(6-11)37(34,35)30-10-13(8-18(31)24-9-17-26-28-29-27-17)36-16-5-4-12(7-15(16)30)25-19(32)33/h1-7,13,25H,8-10H2,(H,24,31)(H,32,33)(H,26,27,28,29). The molecule has 0 radical (unpaired) electrons. The lowest BCUT2D eigenvalue weighted by Crippen LogP contribution is -2.45. The van der Waals surface area contributed by atoms with E-state index in [2.05, 4.69) is 31.3 Å². The van der Waals surface area contributed by atoms with Crippen molar-refractivity contribution in [3.63, 3.8) is 0 Å². The minimum absolute atomic E-state index is 0.00426. The lowest BCUT2D eigenvalue weighted by Gasteiger charge is -2.35. The van der Waals surface area contributed by atoms with Gasteiger partial charge in [0, 0.05) is 5.69 Å². The summed E-state index contributed by atoms with van der Waals surface area (Å²) in [6.45, 7) is -0.507. The van der Waals surface area contributed by atoms with Crippen LogP contribution in [-0.2, 0) is 27.5 Å². The number of carbonyl (C=O) groups is 2. The molecule has 1 aliphatic rings. The maximum absolute atomic E-state index is 13.5. The van der Waals surface area contributed by atoms with E-state index < -0.39 is 51.3 Å². The molecule has 1 atom stereocenters. The van der Waals surface area contributed by atoms with Crippen LogP contribution in [0.5, 0.6) is 5.75 Å². The Hall–Kier alpha value is -4.41. The van der Waals surface area contributed by atoms with Crippen LogP contribution in [-0.4, -0.2) is 58.8 Å². The molecule has 196 valence electrons. The summed E-state index contributed by atoms with van der Waals surface area (Å²) in [6.07, 6.45) is -7.55. The number of amides is 2. The van der Waals surface area contributed by atoms with Gasteiger partial charge >= 0.3 is 12.3 Å². The number of aromatic amines is 1. The summed E-state index contributed by atoms with van der Waals surface area (Å²) in [7, 11) is -4.61. The van der Waals surface area contributed by atoms with Crippen molar-refractivity contribution >= 4 is 33.4 Å². The lowest BCUT2D eigenvalue weighted by molar-refractivity contribution is -0.137. The Kier molecular flexibility index (Phi) is 6.88. The van der Waals surface area contributed by atoms with Crippen molar-refractivity contribution in [1.82, 2.24) is 25.9 Å². The molecule has 0 aliphatic carbocycles. The van der Waals surface area contributed by atoms with Gasteiger partial charge in [-0.15, -0.1) is 10.2 Å². The SMILES string of the molecule is O=C(O)Nc1ccc2c(c1)N(S(=O)(=O)c1cccc(C(F)(F)F)c1)CC(CC(=O)NCc1nn[nH]n1)O2. The monoisotopic (exact) mass is 541 g/mol. The summed E-state index contributed by atoms with van der Waals surface area (Å²) in [5.41, 5.74) is -1.29. The number of sulfonamides is 1.